The highest BCUT2D eigenvalue weighted by atomic mass is 32.1. The van der Waals surface area contributed by atoms with Crippen molar-refractivity contribution in [1.29, 1.82) is 10.5 Å². The van der Waals surface area contributed by atoms with Gasteiger partial charge in [0.25, 0.3) is 0 Å². The molecule has 0 atom stereocenters. The largest absolute Gasteiger partial charge is 0.304 e. The molecule has 21 heavy (non-hydrogen) atoms. The molecule has 0 spiro atoms. The SMILES string of the molecule is CN1CCN(CC(=O)c2ccc(C=C(C#N)C#N)s2)CC1. The predicted octanol–water partition coefficient (Wildman–Crippen LogP) is 1.61. The number of Topliss-reactive ketones (excluding diaryl/α,β-unsaturated/α-hetero) is 1. The molecule has 0 aromatic carbocycles. The van der Waals surface area contributed by atoms with Crippen molar-refractivity contribution in [1.82, 2.24) is 9.80 Å². The van der Waals surface area contributed by atoms with Crippen LogP contribution in [-0.2, 0) is 0 Å². The van der Waals surface area contributed by atoms with Crippen molar-refractivity contribution in [3.8, 4) is 12.1 Å². The van der Waals surface area contributed by atoms with Crippen LogP contribution in [0.5, 0.6) is 0 Å². The molecule has 1 aromatic rings. The molecule has 108 valence electrons. The minimum Gasteiger partial charge on any atom is -0.304 e. The van der Waals surface area contributed by atoms with Crippen LogP contribution in [0.4, 0.5) is 0 Å². The summed E-state index contributed by atoms with van der Waals surface area (Å²) >= 11 is 1.32. The molecule has 2 rings (SSSR count). The zero-order valence-corrected chi connectivity index (χ0v) is 12.7. The topological polar surface area (TPSA) is 71.1 Å². The molecule has 2 heterocycles. The third-order valence-electron chi connectivity index (χ3n) is 3.39. The molecule has 1 aliphatic heterocycles. The second-order valence-corrected chi connectivity index (χ2v) is 6.10. The van der Waals surface area contributed by atoms with E-state index in [0.717, 1.165) is 31.1 Å². The first-order valence-corrected chi connectivity index (χ1v) is 7.50. The van der Waals surface area contributed by atoms with Gasteiger partial charge in [-0.05, 0) is 25.3 Å². The number of allylic oxidation sites excluding steroid dienone is 1. The molecular weight excluding hydrogens is 284 g/mol. The van der Waals surface area contributed by atoms with Crippen molar-refractivity contribution in [3.05, 3.63) is 27.5 Å². The molecule has 0 N–H and O–H groups in total. The minimum atomic E-state index is 0.0508. The maximum Gasteiger partial charge on any atom is 0.186 e. The van der Waals surface area contributed by atoms with Crippen molar-refractivity contribution in [2.24, 2.45) is 0 Å². The average Bonchev–Trinajstić information content (AvgIpc) is 2.96. The van der Waals surface area contributed by atoms with Crippen molar-refractivity contribution in [2.45, 2.75) is 0 Å². The van der Waals surface area contributed by atoms with E-state index in [1.807, 2.05) is 12.1 Å². The van der Waals surface area contributed by atoms with Gasteiger partial charge in [-0.1, -0.05) is 0 Å². The lowest BCUT2D eigenvalue weighted by molar-refractivity contribution is 0.0880. The summed E-state index contributed by atoms with van der Waals surface area (Å²) in [6, 6.07) is 7.17. The first-order chi connectivity index (χ1) is 10.1. The van der Waals surface area contributed by atoms with Gasteiger partial charge in [0.2, 0.25) is 0 Å². The van der Waals surface area contributed by atoms with Crippen LogP contribution in [0.2, 0.25) is 0 Å². The third-order valence-corrected chi connectivity index (χ3v) is 4.47. The number of nitriles is 2. The van der Waals surface area contributed by atoms with Crippen molar-refractivity contribution < 1.29 is 4.79 Å². The zero-order valence-electron chi connectivity index (χ0n) is 11.9. The molecule has 0 unspecified atom stereocenters. The van der Waals surface area contributed by atoms with E-state index in [1.54, 1.807) is 12.1 Å². The van der Waals surface area contributed by atoms with E-state index < -0.39 is 0 Å². The van der Waals surface area contributed by atoms with Gasteiger partial charge in [0.05, 0.1) is 11.4 Å². The van der Waals surface area contributed by atoms with Gasteiger partial charge < -0.3 is 4.90 Å². The van der Waals surface area contributed by atoms with Crippen molar-refractivity contribution in [2.75, 3.05) is 39.8 Å². The van der Waals surface area contributed by atoms with Crippen molar-refractivity contribution >= 4 is 23.2 Å². The van der Waals surface area contributed by atoms with Gasteiger partial charge in [-0.3, -0.25) is 9.69 Å². The number of thiophene rings is 1. The Morgan fingerprint density at radius 2 is 1.95 bits per heavy atom. The Balaban J connectivity index is 1.98. The molecule has 0 saturated carbocycles. The molecule has 0 aliphatic carbocycles. The summed E-state index contributed by atoms with van der Waals surface area (Å²) in [5.41, 5.74) is 0.0508. The number of likely N-dealkylation sites (N-methyl/N-ethyl adjacent to an activating group) is 1. The molecule has 1 saturated heterocycles. The second-order valence-electron chi connectivity index (χ2n) is 4.99. The molecule has 1 fully saturated rings. The Morgan fingerprint density at radius 3 is 2.57 bits per heavy atom. The van der Waals surface area contributed by atoms with Crippen LogP contribution in [0, 0.1) is 22.7 Å². The van der Waals surface area contributed by atoms with Gasteiger partial charge in [0.15, 0.2) is 5.78 Å². The summed E-state index contributed by atoms with van der Waals surface area (Å²) < 4.78 is 0. The maximum atomic E-state index is 12.2. The Bertz CT molecular complexity index is 611. The Kier molecular flexibility index (Phi) is 5.24. The normalized spacial score (nSPS) is 16.0. The number of hydrogen-bond acceptors (Lipinski definition) is 6. The number of piperazine rings is 1. The van der Waals surface area contributed by atoms with Gasteiger partial charge >= 0.3 is 0 Å². The smallest absolute Gasteiger partial charge is 0.186 e. The number of ketones is 1. The summed E-state index contributed by atoms with van der Waals surface area (Å²) in [5, 5.41) is 17.5. The third kappa shape index (κ3) is 4.24. The fourth-order valence-corrected chi connectivity index (χ4v) is 2.98. The highest BCUT2D eigenvalue weighted by molar-refractivity contribution is 7.14. The van der Waals surface area contributed by atoms with Gasteiger partial charge in [-0.15, -0.1) is 11.3 Å². The summed E-state index contributed by atoms with van der Waals surface area (Å²) in [6.45, 7) is 4.22. The lowest BCUT2D eigenvalue weighted by Crippen LogP contribution is -2.46. The summed E-state index contributed by atoms with van der Waals surface area (Å²) in [4.78, 5) is 18.1. The summed E-state index contributed by atoms with van der Waals surface area (Å²) in [5.74, 6) is 0.0969. The average molecular weight is 300 g/mol. The second kappa shape index (κ2) is 7.14. The number of carbonyl (C=O) groups is 1. The molecule has 0 radical (unpaired) electrons. The van der Waals surface area contributed by atoms with Gasteiger partial charge in [-0.2, -0.15) is 10.5 Å². The van der Waals surface area contributed by atoms with E-state index in [1.165, 1.54) is 17.4 Å². The molecule has 0 bridgehead atoms. The first kappa shape index (κ1) is 15.4. The Morgan fingerprint density at radius 1 is 1.29 bits per heavy atom. The minimum absolute atomic E-state index is 0.0508. The highest BCUT2D eigenvalue weighted by Gasteiger charge is 2.18. The standard InChI is InChI=1S/C15H16N4OS/c1-18-4-6-19(7-5-18)11-14(20)15-3-2-13(21-15)8-12(9-16)10-17/h2-3,8H,4-7,11H2,1H3. The monoisotopic (exact) mass is 300 g/mol. The van der Waals surface area contributed by atoms with Crippen LogP contribution in [0.25, 0.3) is 6.08 Å². The quantitative estimate of drug-likeness (QED) is 0.624. The molecular formula is C15H16N4OS. The Labute approximate surface area is 128 Å². The van der Waals surface area contributed by atoms with Crippen LogP contribution >= 0.6 is 11.3 Å². The van der Waals surface area contributed by atoms with E-state index in [2.05, 4.69) is 16.8 Å². The molecule has 6 heteroatoms. The van der Waals surface area contributed by atoms with Crippen LogP contribution in [-0.4, -0.2) is 55.4 Å². The number of nitrogens with zero attached hydrogens (tertiary/aromatic N) is 4. The zero-order chi connectivity index (χ0) is 15.2. The van der Waals surface area contributed by atoms with E-state index in [4.69, 9.17) is 10.5 Å². The number of carbonyl (C=O) groups excluding carboxylic acids is 1. The lowest BCUT2D eigenvalue weighted by atomic mass is 10.2. The van der Waals surface area contributed by atoms with Crippen LogP contribution in [0.15, 0.2) is 17.7 Å². The van der Waals surface area contributed by atoms with E-state index in [-0.39, 0.29) is 11.4 Å². The highest BCUT2D eigenvalue weighted by Crippen LogP contribution is 2.20. The lowest BCUT2D eigenvalue weighted by Gasteiger charge is -2.31. The Hall–Kier alpha value is -1.99. The summed E-state index contributed by atoms with van der Waals surface area (Å²) in [6.07, 6.45) is 1.51. The number of hydrogen-bond donors (Lipinski definition) is 0. The molecule has 5 nitrogen and oxygen atoms in total. The fraction of sp³-hybridized carbons (Fsp3) is 0.400. The van der Waals surface area contributed by atoms with Gasteiger partial charge in [0.1, 0.15) is 17.7 Å². The van der Waals surface area contributed by atoms with E-state index in [9.17, 15) is 4.79 Å². The van der Waals surface area contributed by atoms with Gasteiger partial charge in [0, 0.05) is 31.1 Å². The van der Waals surface area contributed by atoms with Crippen LogP contribution < -0.4 is 0 Å². The first-order valence-electron chi connectivity index (χ1n) is 6.68. The molecule has 1 aromatic heterocycles. The fourth-order valence-electron chi connectivity index (χ4n) is 2.10. The van der Waals surface area contributed by atoms with Crippen molar-refractivity contribution in [3.63, 3.8) is 0 Å². The number of rotatable bonds is 4. The van der Waals surface area contributed by atoms with Crippen LogP contribution in [0.3, 0.4) is 0 Å². The molecule has 1 aliphatic rings. The molecule has 0 amide bonds. The predicted molar refractivity (Wildman–Crippen MR) is 81.8 cm³/mol. The summed E-state index contributed by atoms with van der Waals surface area (Å²) in [7, 11) is 2.08. The van der Waals surface area contributed by atoms with Crippen LogP contribution in [0.1, 0.15) is 14.5 Å². The van der Waals surface area contributed by atoms with E-state index in [0.29, 0.717) is 11.4 Å². The maximum absolute atomic E-state index is 12.2. The van der Waals surface area contributed by atoms with Gasteiger partial charge in [-0.25, -0.2) is 0 Å². The van der Waals surface area contributed by atoms with E-state index >= 15 is 0 Å².